The maximum Gasteiger partial charge on any atom is 0.321 e. The summed E-state index contributed by atoms with van der Waals surface area (Å²) in [5, 5.41) is 13.0. The number of hydrogen-bond acceptors (Lipinski definition) is 6. The Labute approximate surface area is 152 Å². The number of rotatable bonds is 4. The lowest BCUT2D eigenvalue weighted by atomic mass is 10.2. The highest BCUT2D eigenvalue weighted by molar-refractivity contribution is 8.00. The Hall–Kier alpha value is -1.97. The van der Waals surface area contributed by atoms with Crippen LogP contribution in [-0.4, -0.2) is 39.1 Å². The summed E-state index contributed by atoms with van der Waals surface area (Å²) in [7, 11) is 1.42. The molecule has 0 bridgehead atoms. The van der Waals surface area contributed by atoms with Gasteiger partial charge in [0, 0.05) is 17.6 Å². The molecule has 4 N–H and O–H groups in total. The van der Waals surface area contributed by atoms with Gasteiger partial charge in [-0.05, 0) is 25.1 Å². The van der Waals surface area contributed by atoms with Crippen molar-refractivity contribution in [3.8, 4) is 11.4 Å². The molecule has 0 unspecified atom stereocenters. The number of aromatic nitrogens is 3. The Morgan fingerprint density at radius 1 is 1.33 bits per heavy atom. The van der Waals surface area contributed by atoms with E-state index in [1.807, 2.05) is 0 Å². The van der Waals surface area contributed by atoms with Crippen LogP contribution in [-0.2, 0) is 4.79 Å². The monoisotopic (exact) mass is 388 g/mol. The van der Waals surface area contributed by atoms with E-state index in [2.05, 4.69) is 20.8 Å². The zero-order chi connectivity index (χ0) is 17.9. The smallest absolute Gasteiger partial charge is 0.321 e. The number of carbonyl (C=O) groups excluding carboxylic acids is 2. The third-order valence-electron chi connectivity index (χ3n) is 2.95. The first-order chi connectivity index (χ1) is 11.3. The second-order valence-corrected chi connectivity index (χ2v) is 6.78. The number of nitrogens with two attached hydrogens (primary N) is 1. The molecular weight excluding hydrogens is 375 g/mol. The zero-order valence-corrected chi connectivity index (χ0v) is 15.0. The molecule has 1 aromatic carbocycles. The van der Waals surface area contributed by atoms with E-state index in [-0.39, 0.29) is 0 Å². The van der Waals surface area contributed by atoms with E-state index in [0.717, 1.165) is 11.8 Å². The number of carbonyl (C=O) groups is 2. The number of nitrogen functional groups attached to an aromatic ring is 1. The summed E-state index contributed by atoms with van der Waals surface area (Å²) in [5.41, 5.74) is 0.561. The van der Waals surface area contributed by atoms with Crippen LogP contribution in [0, 0.1) is 0 Å². The third kappa shape index (κ3) is 4.11. The minimum atomic E-state index is -0.609. The molecule has 2 aromatic rings. The van der Waals surface area contributed by atoms with E-state index in [0.29, 0.717) is 26.6 Å². The zero-order valence-electron chi connectivity index (χ0n) is 12.7. The lowest BCUT2D eigenvalue weighted by Crippen LogP contribution is -2.41. The number of nitrogens with zero attached hydrogens (tertiary/aromatic N) is 3. The Bertz CT molecular complexity index is 782. The predicted octanol–water partition coefficient (Wildman–Crippen LogP) is 1.90. The van der Waals surface area contributed by atoms with Gasteiger partial charge in [-0.2, -0.15) is 0 Å². The number of urea groups is 1. The van der Waals surface area contributed by atoms with Crippen LogP contribution < -0.4 is 16.5 Å². The van der Waals surface area contributed by atoms with Gasteiger partial charge in [0.15, 0.2) is 5.82 Å². The maximum absolute atomic E-state index is 11.9. The summed E-state index contributed by atoms with van der Waals surface area (Å²) in [6, 6.07) is 4.31. The molecule has 24 heavy (non-hydrogen) atoms. The topological polar surface area (TPSA) is 115 Å². The second kappa shape index (κ2) is 7.73. The van der Waals surface area contributed by atoms with Gasteiger partial charge in [0.25, 0.3) is 0 Å². The van der Waals surface area contributed by atoms with Gasteiger partial charge in [-0.3, -0.25) is 10.1 Å². The summed E-state index contributed by atoms with van der Waals surface area (Å²) in [4.78, 5) is 23.0. The summed E-state index contributed by atoms with van der Waals surface area (Å²) in [6.07, 6.45) is 0. The van der Waals surface area contributed by atoms with Crippen LogP contribution in [0.3, 0.4) is 0 Å². The molecule has 1 aromatic heterocycles. The molecule has 0 aliphatic carbocycles. The largest absolute Gasteiger partial charge is 0.341 e. The lowest BCUT2D eigenvalue weighted by molar-refractivity contribution is -0.119. The molecule has 0 fully saturated rings. The van der Waals surface area contributed by atoms with Gasteiger partial charge in [-0.25, -0.2) is 9.47 Å². The summed E-state index contributed by atoms with van der Waals surface area (Å²) in [5.74, 6) is 5.84. The Kier molecular flexibility index (Phi) is 5.92. The number of nitrogens with one attached hydrogen (secondary N) is 2. The molecule has 8 nitrogen and oxygen atoms in total. The molecule has 0 spiro atoms. The fraction of sp³-hybridized carbons (Fsp3) is 0.231. The van der Waals surface area contributed by atoms with Crippen LogP contribution in [0.1, 0.15) is 6.92 Å². The molecule has 3 amide bonds. The maximum atomic E-state index is 11.9. The van der Waals surface area contributed by atoms with Gasteiger partial charge in [-0.1, -0.05) is 35.0 Å². The average Bonchev–Trinajstić information content (AvgIpc) is 2.88. The van der Waals surface area contributed by atoms with Gasteiger partial charge >= 0.3 is 6.03 Å². The molecule has 0 aliphatic heterocycles. The first kappa shape index (κ1) is 18.4. The Balaban J connectivity index is 2.18. The summed E-state index contributed by atoms with van der Waals surface area (Å²) >= 11 is 13.1. The number of thioether (sulfide) groups is 1. The summed E-state index contributed by atoms with van der Waals surface area (Å²) in [6.45, 7) is 1.62. The summed E-state index contributed by atoms with van der Waals surface area (Å²) < 4.78 is 1.23. The molecule has 1 heterocycles. The van der Waals surface area contributed by atoms with Crippen LogP contribution in [0.25, 0.3) is 11.4 Å². The van der Waals surface area contributed by atoms with Crippen molar-refractivity contribution in [2.45, 2.75) is 17.3 Å². The Morgan fingerprint density at radius 3 is 2.67 bits per heavy atom. The van der Waals surface area contributed by atoms with Crippen molar-refractivity contribution in [1.82, 2.24) is 25.5 Å². The molecule has 0 radical (unpaired) electrons. The third-order valence-corrected chi connectivity index (χ3v) is 4.56. The van der Waals surface area contributed by atoms with E-state index < -0.39 is 17.2 Å². The van der Waals surface area contributed by atoms with Crippen molar-refractivity contribution in [3.05, 3.63) is 28.2 Å². The normalized spacial score (nSPS) is 11.8. The highest BCUT2D eigenvalue weighted by Crippen LogP contribution is 2.31. The first-order valence-electron chi connectivity index (χ1n) is 6.68. The van der Waals surface area contributed by atoms with Gasteiger partial charge in [0.2, 0.25) is 11.1 Å². The SMILES string of the molecule is CNC(=O)NC(=O)[C@H](C)Sc1nnc(-c2ccc(Cl)cc2Cl)n1N. The molecular formula is C13H14Cl2N6O2S. The number of halogens is 2. The number of imide groups is 1. The minimum Gasteiger partial charge on any atom is -0.341 e. The van der Waals surface area contributed by atoms with E-state index >= 15 is 0 Å². The van der Waals surface area contributed by atoms with Crippen molar-refractivity contribution in [1.29, 1.82) is 0 Å². The van der Waals surface area contributed by atoms with Gasteiger partial charge in [0.1, 0.15) is 0 Å². The quantitative estimate of drug-likeness (QED) is 0.544. The van der Waals surface area contributed by atoms with Crippen molar-refractivity contribution in [2.24, 2.45) is 0 Å². The molecule has 11 heteroatoms. The second-order valence-electron chi connectivity index (χ2n) is 4.63. The van der Waals surface area contributed by atoms with Crippen LogP contribution in [0.15, 0.2) is 23.4 Å². The van der Waals surface area contributed by atoms with Crippen molar-refractivity contribution in [3.63, 3.8) is 0 Å². The van der Waals surface area contributed by atoms with E-state index in [1.165, 1.54) is 11.7 Å². The van der Waals surface area contributed by atoms with E-state index in [9.17, 15) is 9.59 Å². The van der Waals surface area contributed by atoms with Gasteiger partial charge in [0.05, 0.1) is 10.3 Å². The molecule has 0 aliphatic rings. The van der Waals surface area contributed by atoms with Crippen molar-refractivity contribution in [2.75, 3.05) is 12.9 Å². The van der Waals surface area contributed by atoms with Gasteiger partial charge < -0.3 is 11.2 Å². The number of hydrogen-bond donors (Lipinski definition) is 3. The fourth-order valence-corrected chi connectivity index (χ4v) is 2.96. The predicted molar refractivity (Wildman–Crippen MR) is 93.5 cm³/mol. The highest BCUT2D eigenvalue weighted by atomic mass is 35.5. The molecule has 128 valence electrons. The van der Waals surface area contributed by atoms with Gasteiger partial charge in [-0.15, -0.1) is 10.2 Å². The molecule has 0 saturated heterocycles. The van der Waals surface area contributed by atoms with E-state index in [4.69, 9.17) is 29.0 Å². The number of amides is 3. The van der Waals surface area contributed by atoms with Crippen LogP contribution in [0.2, 0.25) is 10.0 Å². The molecule has 2 rings (SSSR count). The lowest BCUT2D eigenvalue weighted by Gasteiger charge is -2.10. The Morgan fingerprint density at radius 2 is 2.04 bits per heavy atom. The van der Waals surface area contributed by atoms with Crippen LogP contribution >= 0.6 is 35.0 Å². The average molecular weight is 389 g/mol. The van der Waals surface area contributed by atoms with Crippen LogP contribution in [0.5, 0.6) is 0 Å². The van der Waals surface area contributed by atoms with Crippen molar-refractivity contribution < 1.29 is 9.59 Å². The first-order valence-corrected chi connectivity index (χ1v) is 8.32. The van der Waals surface area contributed by atoms with Crippen molar-refractivity contribution >= 4 is 46.9 Å². The standard InChI is InChI=1S/C13H14Cl2N6O2S/c1-6(11(22)18-12(23)17-2)24-13-20-19-10(21(13)16)8-4-3-7(14)5-9(8)15/h3-6H,16H2,1-2H3,(H2,17,18,22,23)/t6-/m0/s1. The fourth-order valence-electron chi connectivity index (χ4n) is 1.70. The molecule has 0 saturated carbocycles. The highest BCUT2D eigenvalue weighted by Gasteiger charge is 2.21. The van der Waals surface area contributed by atoms with E-state index in [1.54, 1.807) is 25.1 Å². The minimum absolute atomic E-state index is 0.301. The number of benzene rings is 1. The van der Waals surface area contributed by atoms with Crippen LogP contribution in [0.4, 0.5) is 4.79 Å². The molecule has 1 atom stereocenters.